The van der Waals surface area contributed by atoms with E-state index in [2.05, 4.69) is 9.89 Å². The fourth-order valence-corrected chi connectivity index (χ4v) is 1.80. The predicted octanol–water partition coefficient (Wildman–Crippen LogP) is 3.00. The Balaban J connectivity index is 2.27. The Morgan fingerprint density at radius 2 is 2.10 bits per heavy atom. The lowest BCUT2D eigenvalue weighted by Crippen LogP contribution is -2.24. The molecule has 0 amide bonds. The largest absolute Gasteiger partial charge is 0.513 e. The topological polar surface area (TPSA) is 75.8 Å². The van der Waals surface area contributed by atoms with E-state index in [0.717, 1.165) is 5.56 Å². The van der Waals surface area contributed by atoms with Gasteiger partial charge in [-0.2, -0.15) is 0 Å². The number of likely N-dealkylation sites (N-methyl/N-ethyl adjacent to an activating group) is 1. The third-order valence-corrected chi connectivity index (χ3v) is 3.10. The Morgan fingerprint density at radius 1 is 1.43 bits per heavy atom. The molecular formula is C14H13ClN2O4. The molecule has 1 aromatic carbocycles. The van der Waals surface area contributed by atoms with Gasteiger partial charge in [0.2, 0.25) is 0 Å². The fraction of sp³-hybridized carbons (Fsp3) is 0.143. The summed E-state index contributed by atoms with van der Waals surface area (Å²) in [6.45, 7) is 0. The number of esters is 1. The van der Waals surface area contributed by atoms with Crippen molar-refractivity contribution in [3.05, 3.63) is 47.3 Å². The zero-order valence-corrected chi connectivity index (χ0v) is 12.2. The first-order valence-electron chi connectivity index (χ1n) is 5.96. The number of halogens is 1. The van der Waals surface area contributed by atoms with Crippen LogP contribution in [0, 0.1) is 0 Å². The van der Waals surface area contributed by atoms with Crippen molar-refractivity contribution < 1.29 is 19.2 Å². The van der Waals surface area contributed by atoms with Crippen LogP contribution in [0.2, 0.25) is 5.02 Å². The smallest absolute Gasteiger partial charge is 0.357 e. The van der Waals surface area contributed by atoms with Crippen LogP contribution >= 0.6 is 11.6 Å². The molecule has 0 atom stereocenters. The van der Waals surface area contributed by atoms with E-state index in [-0.39, 0.29) is 5.70 Å². The molecule has 0 aliphatic carbocycles. The highest BCUT2D eigenvalue weighted by Crippen LogP contribution is 2.26. The minimum atomic E-state index is -0.684. The molecule has 110 valence electrons. The van der Waals surface area contributed by atoms with Gasteiger partial charge in [-0.05, 0) is 24.3 Å². The highest BCUT2D eigenvalue weighted by atomic mass is 35.5. The number of methoxy groups -OCH3 is 1. The quantitative estimate of drug-likeness (QED) is 0.531. The lowest BCUT2D eigenvalue weighted by molar-refractivity contribution is -0.136. The fourth-order valence-electron chi connectivity index (χ4n) is 1.68. The maximum atomic E-state index is 11.5. The second kappa shape index (κ2) is 6.32. The Morgan fingerprint density at radius 3 is 2.67 bits per heavy atom. The van der Waals surface area contributed by atoms with E-state index < -0.39 is 5.97 Å². The van der Waals surface area contributed by atoms with E-state index in [1.54, 1.807) is 37.4 Å². The van der Waals surface area contributed by atoms with E-state index in [4.69, 9.17) is 21.2 Å². The maximum absolute atomic E-state index is 11.5. The number of aromatic nitrogens is 1. The molecule has 1 heterocycles. The summed E-state index contributed by atoms with van der Waals surface area (Å²) in [6, 6.07) is 8.67. The van der Waals surface area contributed by atoms with Crippen molar-refractivity contribution in [3.63, 3.8) is 0 Å². The van der Waals surface area contributed by atoms with E-state index in [0.29, 0.717) is 22.9 Å². The molecule has 0 spiro atoms. The molecule has 2 rings (SSSR count). The molecule has 21 heavy (non-hydrogen) atoms. The van der Waals surface area contributed by atoms with E-state index in [9.17, 15) is 4.79 Å². The molecule has 0 radical (unpaired) electrons. The van der Waals surface area contributed by atoms with Crippen molar-refractivity contribution in [2.75, 3.05) is 19.1 Å². The van der Waals surface area contributed by atoms with E-state index in [1.165, 1.54) is 12.0 Å². The third-order valence-electron chi connectivity index (χ3n) is 2.85. The molecule has 2 aromatic rings. The van der Waals surface area contributed by atoms with Crippen molar-refractivity contribution >= 4 is 23.4 Å². The molecule has 0 bridgehead atoms. The van der Waals surface area contributed by atoms with Gasteiger partial charge >= 0.3 is 5.97 Å². The predicted molar refractivity (Wildman–Crippen MR) is 78.1 cm³/mol. The van der Waals surface area contributed by atoms with Crippen LogP contribution in [-0.4, -0.2) is 30.4 Å². The van der Waals surface area contributed by atoms with E-state index >= 15 is 0 Å². The van der Waals surface area contributed by atoms with Crippen molar-refractivity contribution in [2.45, 2.75) is 0 Å². The number of hydrogen-bond acceptors (Lipinski definition) is 6. The minimum absolute atomic E-state index is 0.0616. The first-order valence-corrected chi connectivity index (χ1v) is 6.33. The van der Waals surface area contributed by atoms with Crippen LogP contribution in [0.3, 0.4) is 0 Å². The Kier molecular flexibility index (Phi) is 4.49. The standard InChI is InChI=1S/C14H13ClN2O4/c1-17(11(8-18)14(19)20-2)13-7-12(21-16-13)9-3-5-10(15)6-4-9/h3-8,18H,1-2H3/b11-8+. The molecule has 0 saturated carbocycles. The van der Waals surface area contributed by atoms with Crippen LogP contribution < -0.4 is 4.90 Å². The van der Waals surface area contributed by atoms with Crippen molar-refractivity contribution in [2.24, 2.45) is 0 Å². The Hall–Kier alpha value is -2.47. The zero-order chi connectivity index (χ0) is 15.4. The molecule has 0 saturated heterocycles. The Labute approximate surface area is 126 Å². The van der Waals surface area contributed by atoms with E-state index in [1.807, 2.05) is 0 Å². The number of aliphatic hydroxyl groups excluding tert-OH is 1. The highest BCUT2D eigenvalue weighted by Gasteiger charge is 2.20. The number of anilines is 1. The molecule has 0 aliphatic heterocycles. The lowest BCUT2D eigenvalue weighted by atomic mass is 10.2. The van der Waals surface area contributed by atoms with Gasteiger partial charge in [0.25, 0.3) is 0 Å². The molecule has 1 N–H and O–H groups in total. The molecule has 7 heteroatoms. The van der Waals surface area contributed by atoms with Crippen molar-refractivity contribution in [1.82, 2.24) is 5.16 Å². The summed E-state index contributed by atoms with van der Waals surface area (Å²) < 4.78 is 9.79. The van der Waals surface area contributed by atoms with Crippen LogP contribution in [0.4, 0.5) is 5.82 Å². The van der Waals surface area contributed by atoms with Crippen LogP contribution in [0.25, 0.3) is 11.3 Å². The average molecular weight is 309 g/mol. The first-order chi connectivity index (χ1) is 10.1. The van der Waals surface area contributed by atoms with Crippen LogP contribution in [-0.2, 0) is 9.53 Å². The SMILES string of the molecule is COC(=O)/C(=C\O)N(C)c1cc(-c2ccc(Cl)cc2)on1. The number of hydrogen-bond donors (Lipinski definition) is 1. The molecule has 0 unspecified atom stereocenters. The van der Waals surface area contributed by atoms with Crippen LogP contribution in [0.15, 0.2) is 46.8 Å². The second-order valence-electron chi connectivity index (χ2n) is 4.12. The summed E-state index contributed by atoms with van der Waals surface area (Å²) in [5.41, 5.74) is 0.729. The van der Waals surface area contributed by atoms with Gasteiger partial charge in [-0.1, -0.05) is 16.8 Å². The summed E-state index contributed by atoms with van der Waals surface area (Å²) in [5, 5.41) is 13.6. The summed E-state index contributed by atoms with van der Waals surface area (Å²) >= 11 is 5.82. The zero-order valence-electron chi connectivity index (χ0n) is 11.4. The Bertz CT molecular complexity index is 664. The number of nitrogens with zero attached hydrogens (tertiary/aromatic N) is 2. The van der Waals surface area contributed by atoms with Crippen molar-refractivity contribution in [1.29, 1.82) is 0 Å². The molecule has 6 nitrogen and oxygen atoms in total. The van der Waals surface area contributed by atoms with Gasteiger partial charge in [-0.15, -0.1) is 0 Å². The number of rotatable bonds is 4. The summed E-state index contributed by atoms with van der Waals surface area (Å²) in [6.07, 6.45) is 0.655. The number of benzene rings is 1. The number of aliphatic hydroxyl groups is 1. The molecular weight excluding hydrogens is 296 g/mol. The van der Waals surface area contributed by atoms with Gasteiger partial charge in [-0.3, -0.25) is 0 Å². The highest BCUT2D eigenvalue weighted by molar-refractivity contribution is 6.30. The van der Waals surface area contributed by atoms with Crippen LogP contribution in [0.5, 0.6) is 0 Å². The summed E-state index contributed by atoms with van der Waals surface area (Å²) in [4.78, 5) is 12.9. The second-order valence-corrected chi connectivity index (χ2v) is 4.56. The first kappa shape index (κ1) is 14.9. The molecule has 0 aliphatic rings. The normalized spacial score (nSPS) is 11.3. The van der Waals surface area contributed by atoms with Gasteiger partial charge in [0, 0.05) is 23.7 Å². The monoisotopic (exact) mass is 308 g/mol. The average Bonchev–Trinajstić information content (AvgIpc) is 2.98. The maximum Gasteiger partial charge on any atom is 0.357 e. The van der Waals surface area contributed by atoms with Gasteiger partial charge in [-0.25, -0.2) is 4.79 Å². The number of carbonyl (C=O) groups excluding carboxylic acids is 1. The molecule has 0 fully saturated rings. The van der Waals surface area contributed by atoms with Crippen LogP contribution in [0.1, 0.15) is 0 Å². The van der Waals surface area contributed by atoms with Gasteiger partial charge in [0.1, 0.15) is 6.26 Å². The third kappa shape index (κ3) is 3.17. The van der Waals surface area contributed by atoms with Gasteiger partial charge < -0.3 is 19.3 Å². The van der Waals surface area contributed by atoms with Gasteiger partial charge in [0.05, 0.1) is 7.11 Å². The number of carbonyl (C=O) groups is 1. The van der Waals surface area contributed by atoms with Gasteiger partial charge in [0.15, 0.2) is 17.3 Å². The van der Waals surface area contributed by atoms with Crippen molar-refractivity contribution in [3.8, 4) is 11.3 Å². The minimum Gasteiger partial charge on any atom is -0.513 e. The number of ether oxygens (including phenoxy) is 1. The lowest BCUT2D eigenvalue weighted by Gasteiger charge is -2.15. The summed E-state index contributed by atoms with van der Waals surface area (Å²) in [5.74, 6) is 0.178. The summed E-state index contributed by atoms with van der Waals surface area (Å²) in [7, 11) is 2.78. The molecule has 1 aromatic heterocycles.